The molecule has 0 fully saturated rings. The molecule has 0 aromatic rings. The zero-order valence-corrected chi connectivity index (χ0v) is 4.98. The van der Waals surface area contributed by atoms with Crippen LogP contribution in [0.3, 0.4) is 0 Å². The fourth-order valence-corrected chi connectivity index (χ4v) is 0.470. The highest BCUT2D eigenvalue weighted by Gasteiger charge is 1.95. The third-order valence-corrected chi connectivity index (χ3v) is 0.923. The molecule has 1 heteroatoms. The van der Waals surface area contributed by atoms with Gasteiger partial charge in [-0.15, -0.1) is 0 Å². The van der Waals surface area contributed by atoms with Crippen molar-refractivity contribution < 1.29 is 5.11 Å². The third kappa shape index (κ3) is 3.80. The molecule has 0 aliphatic rings. The highest BCUT2D eigenvalue weighted by atomic mass is 16.3. The highest BCUT2D eigenvalue weighted by molar-refractivity contribution is 4.60. The van der Waals surface area contributed by atoms with Crippen molar-refractivity contribution >= 4 is 0 Å². The average Bonchev–Trinajstić information content (AvgIpc) is 1.68. The minimum atomic E-state index is 0.0599. The normalized spacial score (nSPS) is 14.1. The standard InChI is InChI=1S/C6H12O/c1-3-4-6(2)5-7/h3,6H,4-5H2,1-2H3. The van der Waals surface area contributed by atoms with Crippen molar-refractivity contribution in [2.24, 2.45) is 5.92 Å². The molecule has 1 atom stereocenters. The lowest BCUT2D eigenvalue weighted by Crippen LogP contribution is -1.97. The minimum Gasteiger partial charge on any atom is -0.236 e. The van der Waals surface area contributed by atoms with Crippen LogP contribution in [0.2, 0.25) is 0 Å². The van der Waals surface area contributed by atoms with Gasteiger partial charge in [-0.3, -0.25) is 0 Å². The Balaban J connectivity index is 2.83. The number of hydrogen-bond donors (Lipinski definition) is 0. The van der Waals surface area contributed by atoms with Crippen molar-refractivity contribution in [3.05, 3.63) is 6.42 Å². The van der Waals surface area contributed by atoms with E-state index < -0.39 is 0 Å². The lowest BCUT2D eigenvalue weighted by Gasteiger charge is -1.99. The van der Waals surface area contributed by atoms with Crippen molar-refractivity contribution in [3.8, 4) is 0 Å². The molecule has 0 bridgehead atoms. The van der Waals surface area contributed by atoms with Gasteiger partial charge in [0.05, 0.1) is 6.61 Å². The topological polar surface area (TPSA) is 19.9 Å². The highest BCUT2D eigenvalue weighted by Crippen LogP contribution is 2.00. The molecule has 7 heavy (non-hydrogen) atoms. The Morgan fingerprint density at radius 2 is 2.29 bits per heavy atom. The molecule has 0 amide bonds. The van der Waals surface area contributed by atoms with Crippen LogP contribution in [0.1, 0.15) is 20.3 Å². The van der Waals surface area contributed by atoms with Gasteiger partial charge in [0.25, 0.3) is 0 Å². The summed E-state index contributed by atoms with van der Waals surface area (Å²) in [6.45, 7) is 4.00. The van der Waals surface area contributed by atoms with E-state index in [-0.39, 0.29) is 6.61 Å². The molecule has 1 unspecified atom stereocenters. The van der Waals surface area contributed by atoms with E-state index >= 15 is 0 Å². The molecule has 0 aromatic carbocycles. The van der Waals surface area contributed by atoms with Gasteiger partial charge in [-0.05, 0) is 18.8 Å². The summed E-state index contributed by atoms with van der Waals surface area (Å²) < 4.78 is 0. The fraction of sp³-hybridized carbons (Fsp3) is 0.833. The smallest absolute Gasteiger partial charge is 0.0847 e. The van der Waals surface area contributed by atoms with Crippen LogP contribution in [0.15, 0.2) is 0 Å². The van der Waals surface area contributed by atoms with Gasteiger partial charge in [0.2, 0.25) is 0 Å². The van der Waals surface area contributed by atoms with E-state index in [2.05, 4.69) is 0 Å². The second-order valence-electron chi connectivity index (χ2n) is 1.92. The first-order valence-corrected chi connectivity index (χ1v) is 2.67. The van der Waals surface area contributed by atoms with Crippen LogP contribution in [0, 0.1) is 12.3 Å². The monoisotopic (exact) mass is 100 g/mol. The summed E-state index contributed by atoms with van der Waals surface area (Å²) in [5.41, 5.74) is 0. The molecule has 0 spiro atoms. The van der Waals surface area contributed by atoms with Crippen LogP contribution >= 0.6 is 0 Å². The molecule has 0 aromatic heterocycles. The van der Waals surface area contributed by atoms with Gasteiger partial charge in [0.1, 0.15) is 0 Å². The maximum absolute atomic E-state index is 10.00. The maximum atomic E-state index is 10.00. The van der Waals surface area contributed by atoms with Gasteiger partial charge in [0.15, 0.2) is 0 Å². The number of hydrogen-bond acceptors (Lipinski definition) is 0. The molecule has 0 aliphatic carbocycles. The predicted molar refractivity (Wildman–Crippen MR) is 29.3 cm³/mol. The summed E-state index contributed by atoms with van der Waals surface area (Å²) in [7, 11) is 0. The quantitative estimate of drug-likeness (QED) is 0.514. The maximum Gasteiger partial charge on any atom is 0.0847 e. The van der Waals surface area contributed by atoms with Gasteiger partial charge in [-0.1, -0.05) is 13.8 Å². The lowest BCUT2D eigenvalue weighted by molar-refractivity contribution is 0.150. The molecule has 2 radical (unpaired) electrons. The minimum absolute atomic E-state index is 0.0599. The Morgan fingerprint density at radius 1 is 1.71 bits per heavy atom. The van der Waals surface area contributed by atoms with E-state index in [9.17, 15) is 5.11 Å². The van der Waals surface area contributed by atoms with Crippen LogP contribution < -0.4 is 0 Å². The Hall–Kier alpha value is -0.0400. The Bertz CT molecular complexity index is 35.2. The van der Waals surface area contributed by atoms with E-state index in [1.165, 1.54) is 0 Å². The molecule has 0 N–H and O–H groups in total. The first-order valence-electron chi connectivity index (χ1n) is 2.67. The van der Waals surface area contributed by atoms with Crippen LogP contribution in [-0.4, -0.2) is 6.61 Å². The Labute approximate surface area is 45.4 Å². The second-order valence-corrected chi connectivity index (χ2v) is 1.92. The van der Waals surface area contributed by atoms with E-state index in [0.717, 1.165) is 6.42 Å². The average molecular weight is 100 g/mol. The lowest BCUT2D eigenvalue weighted by atomic mass is 10.1. The molecule has 42 valence electrons. The first kappa shape index (κ1) is 6.96. The van der Waals surface area contributed by atoms with E-state index in [1.807, 2.05) is 20.3 Å². The summed E-state index contributed by atoms with van der Waals surface area (Å²) >= 11 is 0. The molecule has 0 heterocycles. The van der Waals surface area contributed by atoms with Gasteiger partial charge in [-0.2, -0.15) is 0 Å². The van der Waals surface area contributed by atoms with Crippen molar-refractivity contribution in [3.63, 3.8) is 0 Å². The zero-order chi connectivity index (χ0) is 5.70. The van der Waals surface area contributed by atoms with Crippen molar-refractivity contribution in [1.29, 1.82) is 0 Å². The van der Waals surface area contributed by atoms with Gasteiger partial charge in [-0.25, -0.2) is 5.11 Å². The molecule has 1 nitrogen and oxygen atoms in total. The van der Waals surface area contributed by atoms with E-state index in [0.29, 0.717) is 5.92 Å². The van der Waals surface area contributed by atoms with Gasteiger partial charge < -0.3 is 0 Å². The first-order chi connectivity index (χ1) is 3.31. The van der Waals surface area contributed by atoms with Crippen molar-refractivity contribution in [2.45, 2.75) is 20.3 Å². The van der Waals surface area contributed by atoms with E-state index in [1.54, 1.807) is 0 Å². The SMILES string of the molecule is C[CH]CC(C)C[O]. The molecule has 0 saturated heterocycles. The van der Waals surface area contributed by atoms with Crippen LogP contribution in [0.5, 0.6) is 0 Å². The van der Waals surface area contributed by atoms with Crippen molar-refractivity contribution in [1.82, 2.24) is 0 Å². The predicted octanol–water partition coefficient (Wildman–Crippen LogP) is 1.67. The Kier molecular flexibility index (Phi) is 4.10. The van der Waals surface area contributed by atoms with Crippen LogP contribution in [0.4, 0.5) is 0 Å². The summed E-state index contributed by atoms with van der Waals surface area (Å²) in [6, 6.07) is 0. The molecular formula is C6H12O. The van der Waals surface area contributed by atoms with E-state index in [4.69, 9.17) is 0 Å². The fourth-order valence-electron chi connectivity index (χ4n) is 0.470. The second kappa shape index (κ2) is 4.13. The molecular weight excluding hydrogens is 88.1 g/mol. The Morgan fingerprint density at radius 3 is 2.43 bits per heavy atom. The third-order valence-electron chi connectivity index (χ3n) is 0.923. The van der Waals surface area contributed by atoms with Gasteiger partial charge >= 0.3 is 0 Å². The summed E-state index contributed by atoms with van der Waals surface area (Å²) in [4.78, 5) is 0. The molecule has 0 rings (SSSR count). The van der Waals surface area contributed by atoms with Crippen LogP contribution in [-0.2, 0) is 5.11 Å². The van der Waals surface area contributed by atoms with Crippen molar-refractivity contribution in [2.75, 3.05) is 6.61 Å². The molecule has 0 saturated carbocycles. The van der Waals surface area contributed by atoms with Crippen LogP contribution in [0.25, 0.3) is 0 Å². The molecule has 0 aliphatic heterocycles. The summed E-state index contributed by atoms with van der Waals surface area (Å²) in [6.07, 6.45) is 2.99. The number of rotatable bonds is 3. The summed E-state index contributed by atoms with van der Waals surface area (Å²) in [5, 5.41) is 10.00. The van der Waals surface area contributed by atoms with Gasteiger partial charge in [0, 0.05) is 0 Å². The summed E-state index contributed by atoms with van der Waals surface area (Å²) in [5.74, 6) is 0.338. The zero-order valence-electron chi connectivity index (χ0n) is 4.98. The largest absolute Gasteiger partial charge is 0.236 e.